The summed E-state index contributed by atoms with van der Waals surface area (Å²) in [5, 5.41) is 3.78. The molecule has 1 heterocycles. The van der Waals surface area contributed by atoms with Crippen LogP contribution in [0.2, 0.25) is 0 Å². The Kier molecular flexibility index (Phi) is 4.59. The summed E-state index contributed by atoms with van der Waals surface area (Å²) in [6.45, 7) is 6.93. The van der Waals surface area contributed by atoms with Crippen molar-refractivity contribution in [1.82, 2.24) is 14.9 Å². The number of nitrogens with one attached hydrogen (secondary N) is 1. The summed E-state index contributed by atoms with van der Waals surface area (Å²) in [5.41, 5.74) is 2.34. The molecule has 1 aliphatic rings. The molecule has 1 aromatic heterocycles. The van der Waals surface area contributed by atoms with E-state index in [1.807, 2.05) is 12.4 Å². The fraction of sp³-hybridized carbons (Fsp3) is 0.611. The molecule has 3 heteroatoms. The monoisotopic (exact) mass is 285 g/mol. The van der Waals surface area contributed by atoms with E-state index in [9.17, 15) is 0 Å². The summed E-state index contributed by atoms with van der Waals surface area (Å²) in [6.07, 6.45) is 7.26. The summed E-state index contributed by atoms with van der Waals surface area (Å²) < 4.78 is 2.27. The van der Waals surface area contributed by atoms with Gasteiger partial charge in [-0.1, -0.05) is 32.4 Å². The van der Waals surface area contributed by atoms with Crippen molar-refractivity contribution in [2.24, 2.45) is 11.8 Å². The predicted octanol–water partition coefficient (Wildman–Crippen LogP) is 3.84. The first-order chi connectivity index (χ1) is 10.2. The molecule has 0 amide bonds. The third-order valence-corrected chi connectivity index (χ3v) is 4.97. The van der Waals surface area contributed by atoms with Crippen LogP contribution >= 0.6 is 0 Å². The molecule has 0 bridgehead atoms. The van der Waals surface area contributed by atoms with E-state index < -0.39 is 0 Å². The number of benzene rings is 1. The van der Waals surface area contributed by atoms with Gasteiger partial charge in [0.25, 0.3) is 0 Å². The highest BCUT2D eigenvalue weighted by Crippen LogP contribution is 2.28. The molecule has 3 atom stereocenters. The van der Waals surface area contributed by atoms with Crippen LogP contribution in [0.3, 0.4) is 0 Å². The first kappa shape index (κ1) is 14.6. The van der Waals surface area contributed by atoms with Gasteiger partial charge in [-0.05, 0) is 49.8 Å². The minimum absolute atomic E-state index is 0.716. The van der Waals surface area contributed by atoms with Crippen LogP contribution < -0.4 is 5.32 Å². The number of nitrogens with zero attached hydrogens (tertiary/aromatic N) is 2. The molecule has 1 N–H and O–H groups in total. The quantitative estimate of drug-likeness (QED) is 0.846. The lowest BCUT2D eigenvalue weighted by Gasteiger charge is -2.33. The van der Waals surface area contributed by atoms with Gasteiger partial charge in [-0.3, -0.25) is 0 Å². The van der Waals surface area contributed by atoms with E-state index in [0.29, 0.717) is 6.04 Å². The van der Waals surface area contributed by atoms with Gasteiger partial charge >= 0.3 is 0 Å². The minimum Gasteiger partial charge on any atom is -0.331 e. The molecule has 3 unspecified atom stereocenters. The second kappa shape index (κ2) is 6.61. The first-order valence-corrected chi connectivity index (χ1v) is 8.37. The molecule has 0 aliphatic heterocycles. The summed E-state index contributed by atoms with van der Waals surface area (Å²) >= 11 is 0. The lowest BCUT2D eigenvalue weighted by atomic mass is 9.80. The fourth-order valence-electron chi connectivity index (χ4n) is 3.54. The normalized spacial score (nSPS) is 26.3. The molecule has 21 heavy (non-hydrogen) atoms. The molecule has 0 saturated heterocycles. The average Bonchev–Trinajstić information content (AvgIpc) is 2.90. The van der Waals surface area contributed by atoms with E-state index in [0.717, 1.165) is 36.9 Å². The van der Waals surface area contributed by atoms with Crippen LogP contribution in [0.15, 0.2) is 30.6 Å². The third kappa shape index (κ3) is 3.46. The number of hydrogen-bond acceptors (Lipinski definition) is 2. The molecular formula is C18H27N3. The summed E-state index contributed by atoms with van der Waals surface area (Å²) in [4.78, 5) is 4.45. The van der Waals surface area contributed by atoms with Gasteiger partial charge in [0.15, 0.2) is 0 Å². The number of fused-ring (bicyclic) bond motifs is 1. The maximum Gasteiger partial charge on any atom is 0.0958 e. The standard InChI is InChI=1S/C18H27N3/c1-14-8-9-15(2)17(12-14)19-10-5-11-21-13-20-16-6-3-4-7-18(16)21/h3-4,6-7,13-15,17,19H,5,8-12H2,1-2H3. The predicted molar refractivity (Wildman–Crippen MR) is 88.3 cm³/mol. The minimum atomic E-state index is 0.716. The van der Waals surface area contributed by atoms with E-state index in [4.69, 9.17) is 0 Å². The van der Waals surface area contributed by atoms with Crippen LogP contribution in [0.25, 0.3) is 11.0 Å². The van der Waals surface area contributed by atoms with Crippen LogP contribution in [0, 0.1) is 11.8 Å². The molecule has 1 fully saturated rings. The first-order valence-electron chi connectivity index (χ1n) is 8.37. The molecule has 3 rings (SSSR count). The smallest absolute Gasteiger partial charge is 0.0958 e. The van der Waals surface area contributed by atoms with Crippen molar-refractivity contribution in [3.05, 3.63) is 30.6 Å². The van der Waals surface area contributed by atoms with Crippen LogP contribution in [0.5, 0.6) is 0 Å². The number of aryl methyl sites for hydroxylation is 1. The summed E-state index contributed by atoms with van der Waals surface area (Å²) in [7, 11) is 0. The molecule has 1 aliphatic carbocycles. The van der Waals surface area contributed by atoms with E-state index in [-0.39, 0.29) is 0 Å². The molecule has 2 aromatic rings. The Morgan fingerprint density at radius 1 is 1.24 bits per heavy atom. The zero-order chi connectivity index (χ0) is 14.7. The molecule has 1 aromatic carbocycles. The van der Waals surface area contributed by atoms with Crippen molar-refractivity contribution in [3.63, 3.8) is 0 Å². The molecule has 1 saturated carbocycles. The Balaban J connectivity index is 1.48. The SMILES string of the molecule is CC1CCC(C)C(NCCCn2cnc3ccccc32)C1. The van der Waals surface area contributed by atoms with Gasteiger partial charge < -0.3 is 9.88 Å². The van der Waals surface area contributed by atoms with Gasteiger partial charge in [0.05, 0.1) is 17.4 Å². The van der Waals surface area contributed by atoms with Crippen LogP contribution in [0.1, 0.15) is 39.5 Å². The zero-order valence-corrected chi connectivity index (χ0v) is 13.3. The second-order valence-corrected chi connectivity index (χ2v) is 6.74. The number of imidazole rings is 1. The number of rotatable bonds is 5. The van der Waals surface area contributed by atoms with Gasteiger partial charge in [-0.15, -0.1) is 0 Å². The van der Waals surface area contributed by atoms with E-state index in [1.165, 1.54) is 24.8 Å². The van der Waals surface area contributed by atoms with Gasteiger partial charge in [0.2, 0.25) is 0 Å². The van der Waals surface area contributed by atoms with E-state index in [1.54, 1.807) is 0 Å². The highest BCUT2D eigenvalue weighted by molar-refractivity contribution is 5.74. The van der Waals surface area contributed by atoms with Crippen LogP contribution in [-0.2, 0) is 6.54 Å². The second-order valence-electron chi connectivity index (χ2n) is 6.74. The molecule has 0 spiro atoms. The number of para-hydroxylation sites is 2. The van der Waals surface area contributed by atoms with Crippen molar-refractivity contribution in [3.8, 4) is 0 Å². The summed E-state index contributed by atoms with van der Waals surface area (Å²) in [5.74, 6) is 1.71. The highest BCUT2D eigenvalue weighted by Gasteiger charge is 2.24. The highest BCUT2D eigenvalue weighted by atomic mass is 15.0. The third-order valence-electron chi connectivity index (χ3n) is 4.97. The number of aromatic nitrogens is 2. The molecule has 3 nitrogen and oxygen atoms in total. The average molecular weight is 285 g/mol. The number of hydrogen-bond donors (Lipinski definition) is 1. The summed E-state index contributed by atoms with van der Waals surface area (Å²) in [6, 6.07) is 9.08. The Bertz CT molecular complexity index is 575. The van der Waals surface area contributed by atoms with Crippen molar-refractivity contribution in [1.29, 1.82) is 0 Å². The molecule has 0 radical (unpaired) electrons. The fourth-order valence-corrected chi connectivity index (χ4v) is 3.54. The van der Waals surface area contributed by atoms with Crippen molar-refractivity contribution >= 4 is 11.0 Å². The van der Waals surface area contributed by atoms with E-state index >= 15 is 0 Å². The van der Waals surface area contributed by atoms with Gasteiger partial charge in [0, 0.05) is 12.6 Å². The largest absolute Gasteiger partial charge is 0.331 e. The topological polar surface area (TPSA) is 29.9 Å². The lowest BCUT2D eigenvalue weighted by Crippen LogP contribution is -2.40. The van der Waals surface area contributed by atoms with Crippen LogP contribution in [0.4, 0.5) is 0 Å². The van der Waals surface area contributed by atoms with E-state index in [2.05, 4.69) is 46.9 Å². The van der Waals surface area contributed by atoms with Gasteiger partial charge in [-0.25, -0.2) is 4.98 Å². The Hall–Kier alpha value is -1.35. The van der Waals surface area contributed by atoms with Gasteiger partial charge in [0.1, 0.15) is 0 Å². The Morgan fingerprint density at radius 2 is 2.10 bits per heavy atom. The van der Waals surface area contributed by atoms with Crippen LogP contribution in [-0.4, -0.2) is 22.1 Å². The van der Waals surface area contributed by atoms with Crippen molar-refractivity contribution < 1.29 is 0 Å². The van der Waals surface area contributed by atoms with Crippen molar-refractivity contribution in [2.75, 3.05) is 6.54 Å². The molecular weight excluding hydrogens is 258 g/mol. The zero-order valence-electron chi connectivity index (χ0n) is 13.3. The maximum atomic E-state index is 4.45. The lowest BCUT2D eigenvalue weighted by molar-refractivity contribution is 0.228. The Morgan fingerprint density at radius 3 is 3.00 bits per heavy atom. The van der Waals surface area contributed by atoms with Crippen molar-refractivity contribution in [2.45, 2.75) is 52.1 Å². The molecule has 114 valence electrons. The maximum absolute atomic E-state index is 4.45. The van der Waals surface area contributed by atoms with Gasteiger partial charge in [-0.2, -0.15) is 0 Å². The Labute approximate surface area is 127 Å².